The Bertz CT molecular complexity index is 2160. The van der Waals surface area contributed by atoms with Crippen LogP contribution >= 0.6 is 0 Å². The number of aryl methyl sites for hydroxylation is 2. The van der Waals surface area contributed by atoms with Crippen molar-refractivity contribution in [2.24, 2.45) is 0 Å². The second-order valence-electron chi connectivity index (χ2n) is 16.0. The lowest BCUT2D eigenvalue weighted by atomic mass is 9.80. The van der Waals surface area contributed by atoms with E-state index in [1.54, 1.807) is 0 Å². The summed E-state index contributed by atoms with van der Waals surface area (Å²) in [6.07, 6.45) is 0.934. The summed E-state index contributed by atoms with van der Waals surface area (Å²) in [6.45, 7) is 10.8. The first-order valence-corrected chi connectivity index (χ1v) is 19.2. The van der Waals surface area contributed by atoms with Crippen molar-refractivity contribution in [3.63, 3.8) is 0 Å². The highest BCUT2D eigenvalue weighted by Gasteiger charge is 2.26. The van der Waals surface area contributed by atoms with E-state index in [-0.39, 0.29) is 17.3 Å². The van der Waals surface area contributed by atoms with Crippen LogP contribution in [0.5, 0.6) is 11.5 Å². The average molecular weight is 722 g/mol. The Morgan fingerprint density at radius 2 is 0.764 bits per heavy atom. The fourth-order valence-electron chi connectivity index (χ4n) is 8.08. The average Bonchev–Trinajstić information content (AvgIpc) is 3.18. The van der Waals surface area contributed by atoms with E-state index < -0.39 is 0 Å². The zero-order chi connectivity index (χ0) is 38.7. The largest absolute Gasteiger partial charge is 0.507 e. The van der Waals surface area contributed by atoms with E-state index in [9.17, 15) is 10.2 Å². The van der Waals surface area contributed by atoms with Crippen LogP contribution in [-0.2, 0) is 18.3 Å². The molecule has 4 N–H and O–H groups in total. The van der Waals surface area contributed by atoms with Crippen molar-refractivity contribution in [3.8, 4) is 11.5 Å². The van der Waals surface area contributed by atoms with Gasteiger partial charge in [-0.2, -0.15) is 0 Å². The predicted octanol–water partition coefficient (Wildman–Crippen LogP) is 12.1. The van der Waals surface area contributed by atoms with E-state index in [0.717, 1.165) is 72.3 Å². The molecule has 0 aliphatic carbocycles. The topological polar surface area (TPSA) is 66.5 Å². The molecule has 7 aromatic rings. The molecular weight excluding hydrogens is 671 g/mol. The third-order valence-electron chi connectivity index (χ3n) is 10.9. The standard InChI is InChI=1S/C52H51NO2/c1-34-26-42(50(54)45(28-34)47(36-18-10-6-11-19-36)37-20-12-7-13-21-37)30-40-32-44(52(3,4)5)33-41(49(40)53)31-43-27-35(2)29-46(51(43)55)48(38-22-14-8-15-23-38)39-24-16-9-17-25-39/h6-29,32-33,47-48,54-55H,30-31,53H2,1-5H3. The van der Waals surface area contributed by atoms with Gasteiger partial charge in [-0.1, -0.05) is 190 Å². The zero-order valence-corrected chi connectivity index (χ0v) is 32.6. The van der Waals surface area contributed by atoms with Crippen molar-refractivity contribution in [1.29, 1.82) is 0 Å². The van der Waals surface area contributed by atoms with E-state index in [0.29, 0.717) is 30.0 Å². The number of nitrogens with two attached hydrogens (primary N) is 1. The van der Waals surface area contributed by atoms with E-state index in [1.165, 1.54) is 0 Å². The van der Waals surface area contributed by atoms with Crippen LogP contribution in [0.15, 0.2) is 158 Å². The zero-order valence-electron chi connectivity index (χ0n) is 32.6. The van der Waals surface area contributed by atoms with Crippen LogP contribution in [0.2, 0.25) is 0 Å². The van der Waals surface area contributed by atoms with Crippen molar-refractivity contribution in [1.82, 2.24) is 0 Å². The van der Waals surface area contributed by atoms with Crippen LogP contribution in [0.4, 0.5) is 5.69 Å². The second kappa shape index (κ2) is 15.7. The van der Waals surface area contributed by atoms with Crippen molar-refractivity contribution >= 4 is 5.69 Å². The Morgan fingerprint density at radius 1 is 0.455 bits per heavy atom. The third kappa shape index (κ3) is 8.07. The Labute approximate surface area is 326 Å². The number of phenolic OH excluding ortho intramolecular Hbond substituents is 2. The van der Waals surface area contributed by atoms with Gasteiger partial charge >= 0.3 is 0 Å². The van der Waals surface area contributed by atoms with Crippen LogP contribution in [0, 0.1) is 13.8 Å². The fraction of sp³-hybridized carbons (Fsp3) is 0.192. The van der Waals surface area contributed by atoms with E-state index in [4.69, 9.17) is 5.73 Å². The first-order chi connectivity index (χ1) is 26.5. The molecular formula is C52H51NO2. The highest BCUT2D eigenvalue weighted by Crippen LogP contribution is 2.43. The molecule has 0 aliphatic rings. The van der Waals surface area contributed by atoms with E-state index >= 15 is 0 Å². The molecule has 0 aliphatic heterocycles. The molecule has 0 atom stereocenters. The van der Waals surface area contributed by atoms with Gasteiger partial charge in [0.1, 0.15) is 11.5 Å². The summed E-state index contributed by atoms with van der Waals surface area (Å²) in [7, 11) is 0. The lowest BCUT2D eigenvalue weighted by Crippen LogP contribution is -2.14. The first-order valence-electron chi connectivity index (χ1n) is 19.2. The minimum Gasteiger partial charge on any atom is -0.507 e. The summed E-state index contributed by atoms with van der Waals surface area (Å²) in [5.41, 5.74) is 20.8. The van der Waals surface area contributed by atoms with E-state index in [2.05, 4.69) is 168 Å². The maximum absolute atomic E-state index is 12.2. The van der Waals surface area contributed by atoms with Crippen molar-refractivity contribution < 1.29 is 10.2 Å². The van der Waals surface area contributed by atoms with E-state index in [1.807, 2.05) is 24.3 Å². The summed E-state index contributed by atoms with van der Waals surface area (Å²) in [5, 5.41) is 24.3. The smallest absolute Gasteiger partial charge is 0.123 e. The van der Waals surface area contributed by atoms with Crippen molar-refractivity contribution in [3.05, 3.63) is 230 Å². The number of aromatic hydroxyl groups is 2. The minimum atomic E-state index is -0.158. The van der Waals surface area contributed by atoms with Gasteiger partial charge in [-0.05, 0) is 69.3 Å². The molecule has 0 spiro atoms. The number of benzene rings is 7. The number of rotatable bonds is 10. The number of nitrogen functional groups attached to an aromatic ring is 1. The predicted molar refractivity (Wildman–Crippen MR) is 229 cm³/mol. The molecule has 0 radical (unpaired) electrons. The van der Waals surface area contributed by atoms with Gasteiger partial charge in [0.25, 0.3) is 0 Å². The summed E-state index contributed by atoms with van der Waals surface area (Å²) in [5.74, 6) is 0.312. The summed E-state index contributed by atoms with van der Waals surface area (Å²) >= 11 is 0. The van der Waals surface area contributed by atoms with Gasteiger partial charge in [-0.3, -0.25) is 0 Å². The molecule has 0 bridgehead atoms. The van der Waals surface area contributed by atoms with Crippen LogP contribution in [-0.4, -0.2) is 10.2 Å². The van der Waals surface area contributed by atoms with Crippen molar-refractivity contribution in [2.75, 3.05) is 5.73 Å². The maximum Gasteiger partial charge on any atom is 0.123 e. The molecule has 7 aromatic carbocycles. The molecule has 0 saturated heterocycles. The molecule has 3 heteroatoms. The monoisotopic (exact) mass is 721 g/mol. The number of anilines is 1. The molecule has 0 aromatic heterocycles. The van der Waals surface area contributed by atoms with Gasteiger partial charge in [0, 0.05) is 41.5 Å². The Hall–Kier alpha value is -6.06. The highest BCUT2D eigenvalue weighted by molar-refractivity contribution is 5.63. The van der Waals surface area contributed by atoms with Gasteiger partial charge in [-0.25, -0.2) is 0 Å². The van der Waals surface area contributed by atoms with Gasteiger partial charge in [0.2, 0.25) is 0 Å². The van der Waals surface area contributed by atoms with Gasteiger partial charge in [-0.15, -0.1) is 0 Å². The third-order valence-corrected chi connectivity index (χ3v) is 10.9. The van der Waals surface area contributed by atoms with Crippen LogP contribution < -0.4 is 5.73 Å². The molecule has 0 saturated carbocycles. The SMILES string of the molecule is Cc1cc(Cc2cc(C(C)(C)C)cc(Cc3cc(C)cc(C(c4ccccc4)c4ccccc4)c3O)c2N)c(O)c(C(c2ccccc2)c2ccccc2)c1. The lowest BCUT2D eigenvalue weighted by Gasteiger charge is -2.25. The molecule has 7 rings (SSSR count). The van der Waals surface area contributed by atoms with Crippen LogP contribution in [0.25, 0.3) is 0 Å². The second-order valence-corrected chi connectivity index (χ2v) is 16.0. The highest BCUT2D eigenvalue weighted by atomic mass is 16.3. The number of phenols is 2. The quantitative estimate of drug-likeness (QED) is 0.0973. The Morgan fingerprint density at radius 3 is 1.05 bits per heavy atom. The first kappa shape index (κ1) is 37.3. The van der Waals surface area contributed by atoms with Gasteiger partial charge in [0.05, 0.1) is 0 Å². The fourth-order valence-corrected chi connectivity index (χ4v) is 8.08. The number of hydrogen-bond acceptors (Lipinski definition) is 3. The molecule has 276 valence electrons. The summed E-state index contributed by atoms with van der Waals surface area (Å²) < 4.78 is 0. The molecule has 0 fully saturated rings. The van der Waals surface area contributed by atoms with Gasteiger partial charge < -0.3 is 15.9 Å². The van der Waals surface area contributed by atoms with Crippen molar-refractivity contribution in [2.45, 2.75) is 64.7 Å². The molecule has 0 amide bonds. The summed E-state index contributed by atoms with van der Waals surface area (Å²) in [6, 6.07) is 54.4. The molecule has 55 heavy (non-hydrogen) atoms. The van der Waals surface area contributed by atoms with Crippen LogP contribution in [0.1, 0.15) is 105 Å². The molecule has 0 heterocycles. The van der Waals surface area contributed by atoms with Gasteiger partial charge in [0.15, 0.2) is 0 Å². The Kier molecular flexibility index (Phi) is 10.7. The lowest BCUT2D eigenvalue weighted by molar-refractivity contribution is 0.461. The minimum absolute atomic E-state index is 0.135. The molecule has 3 nitrogen and oxygen atoms in total. The summed E-state index contributed by atoms with van der Waals surface area (Å²) in [4.78, 5) is 0. The number of hydrogen-bond donors (Lipinski definition) is 3. The molecule has 0 unspecified atom stereocenters. The Balaban J connectivity index is 1.32. The van der Waals surface area contributed by atoms with Crippen LogP contribution in [0.3, 0.4) is 0 Å². The maximum atomic E-state index is 12.2. The normalized spacial score (nSPS) is 11.7.